The van der Waals surface area contributed by atoms with Gasteiger partial charge in [0.15, 0.2) is 0 Å². The molecule has 1 N–H and O–H groups in total. The van der Waals surface area contributed by atoms with E-state index in [4.69, 9.17) is 0 Å². The molecule has 2 nitrogen and oxygen atoms in total. The third-order valence-electron chi connectivity index (χ3n) is 3.62. The summed E-state index contributed by atoms with van der Waals surface area (Å²) in [5, 5.41) is 9.23. The Hall–Kier alpha value is -1.57. The molecule has 0 heterocycles. The third kappa shape index (κ3) is 6.05. The summed E-state index contributed by atoms with van der Waals surface area (Å²) in [5.41, 5.74) is 2.43. The highest BCUT2D eigenvalue weighted by atomic mass is 16.4. The first-order valence-corrected chi connectivity index (χ1v) is 7.64. The van der Waals surface area contributed by atoms with Crippen LogP contribution >= 0.6 is 0 Å². The van der Waals surface area contributed by atoms with Crippen molar-refractivity contribution in [2.75, 3.05) is 0 Å². The molecule has 0 spiro atoms. The smallest absolute Gasteiger partial charge is 0.306 e. The van der Waals surface area contributed by atoms with Crippen LogP contribution in [0.1, 0.15) is 57.9 Å². The van der Waals surface area contributed by atoms with Crippen molar-refractivity contribution in [3.8, 4) is 0 Å². The zero-order valence-corrected chi connectivity index (χ0v) is 12.6. The maximum atomic E-state index is 11.2. The average molecular weight is 274 g/mol. The first kappa shape index (κ1) is 16.5. The summed E-state index contributed by atoms with van der Waals surface area (Å²) >= 11 is 0. The standard InChI is InChI=1S/C18H26O2/c1-3-5-7-12-16(14-17(4-2)18(19)20)13-15-10-8-6-9-11-15/h6,8-11,13,17H,3-5,7,12,14H2,1-2H3,(H,19,20). The second kappa shape index (κ2) is 9.35. The number of benzene rings is 1. The van der Waals surface area contributed by atoms with Gasteiger partial charge in [-0.15, -0.1) is 0 Å². The molecule has 2 heteroatoms. The SMILES string of the molecule is CCCCCC(=Cc1ccccc1)CC(CC)C(=O)O. The molecule has 1 aromatic rings. The molecule has 20 heavy (non-hydrogen) atoms. The van der Waals surface area contributed by atoms with Gasteiger partial charge >= 0.3 is 5.97 Å². The van der Waals surface area contributed by atoms with E-state index in [9.17, 15) is 9.90 Å². The highest BCUT2D eigenvalue weighted by Gasteiger charge is 2.16. The highest BCUT2D eigenvalue weighted by Crippen LogP contribution is 2.23. The molecular formula is C18H26O2. The van der Waals surface area contributed by atoms with Gasteiger partial charge in [0.05, 0.1) is 5.92 Å². The van der Waals surface area contributed by atoms with Gasteiger partial charge in [-0.25, -0.2) is 0 Å². The van der Waals surface area contributed by atoms with Gasteiger partial charge in [-0.2, -0.15) is 0 Å². The van der Waals surface area contributed by atoms with Crippen LogP contribution in [0.4, 0.5) is 0 Å². The lowest BCUT2D eigenvalue weighted by Crippen LogP contribution is -2.13. The summed E-state index contributed by atoms with van der Waals surface area (Å²) in [5.74, 6) is -0.937. The van der Waals surface area contributed by atoms with Crippen molar-refractivity contribution >= 4 is 12.0 Å². The summed E-state index contributed by atoms with van der Waals surface area (Å²) in [7, 11) is 0. The van der Waals surface area contributed by atoms with Crippen molar-refractivity contribution in [3.63, 3.8) is 0 Å². The van der Waals surface area contributed by atoms with Crippen molar-refractivity contribution in [2.24, 2.45) is 5.92 Å². The first-order valence-electron chi connectivity index (χ1n) is 7.64. The fourth-order valence-corrected chi connectivity index (χ4v) is 2.34. The zero-order valence-electron chi connectivity index (χ0n) is 12.6. The number of unbranched alkanes of at least 4 members (excludes halogenated alkanes) is 2. The fraction of sp³-hybridized carbons (Fsp3) is 0.500. The molecule has 1 rings (SSSR count). The number of carboxylic acid groups (broad SMARTS) is 1. The molecule has 1 aromatic carbocycles. The zero-order chi connectivity index (χ0) is 14.8. The van der Waals surface area contributed by atoms with Crippen LogP contribution in [-0.4, -0.2) is 11.1 Å². The van der Waals surface area contributed by atoms with Crippen molar-refractivity contribution in [3.05, 3.63) is 41.5 Å². The molecule has 0 amide bonds. The van der Waals surface area contributed by atoms with Gasteiger partial charge in [0, 0.05) is 0 Å². The van der Waals surface area contributed by atoms with E-state index in [0.29, 0.717) is 12.8 Å². The van der Waals surface area contributed by atoms with Crippen molar-refractivity contribution < 1.29 is 9.90 Å². The lowest BCUT2D eigenvalue weighted by molar-refractivity contribution is -0.141. The van der Waals surface area contributed by atoms with Crippen LogP contribution in [0.3, 0.4) is 0 Å². The molecule has 1 unspecified atom stereocenters. The Morgan fingerprint density at radius 2 is 1.90 bits per heavy atom. The Labute approximate surface area is 122 Å². The molecule has 110 valence electrons. The van der Waals surface area contributed by atoms with Gasteiger partial charge in [-0.3, -0.25) is 4.79 Å². The minimum Gasteiger partial charge on any atom is -0.481 e. The maximum Gasteiger partial charge on any atom is 0.306 e. The van der Waals surface area contributed by atoms with Crippen LogP contribution in [0.2, 0.25) is 0 Å². The van der Waals surface area contributed by atoms with Crippen LogP contribution in [-0.2, 0) is 4.79 Å². The fourth-order valence-electron chi connectivity index (χ4n) is 2.34. The number of carbonyl (C=O) groups is 1. The largest absolute Gasteiger partial charge is 0.481 e. The lowest BCUT2D eigenvalue weighted by atomic mass is 9.92. The number of aliphatic carboxylic acids is 1. The second-order valence-corrected chi connectivity index (χ2v) is 5.32. The van der Waals surface area contributed by atoms with Gasteiger partial charge in [-0.1, -0.05) is 68.7 Å². The molecule has 0 aromatic heterocycles. The Balaban J connectivity index is 2.79. The van der Waals surface area contributed by atoms with E-state index in [2.05, 4.69) is 25.1 Å². The Kier molecular flexibility index (Phi) is 7.71. The maximum absolute atomic E-state index is 11.2. The van der Waals surface area contributed by atoms with E-state index in [1.165, 1.54) is 24.0 Å². The van der Waals surface area contributed by atoms with Crippen LogP contribution in [0.15, 0.2) is 35.9 Å². The monoisotopic (exact) mass is 274 g/mol. The molecule has 0 aliphatic carbocycles. The molecule has 0 aliphatic heterocycles. The lowest BCUT2D eigenvalue weighted by Gasteiger charge is -2.13. The predicted molar refractivity (Wildman–Crippen MR) is 84.6 cm³/mol. The summed E-state index contributed by atoms with van der Waals surface area (Å²) < 4.78 is 0. The molecule has 0 bridgehead atoms. The minimum absolute atomic E-state index is 0.258. The van der Waals surface area contributed by atoms with E-state index in [-0.39, 0.29) is 5.92 Å². The molecular weight excluding hydrogens is 248 g/mol. The summed E-state index contributed by atoms with van der Waals surface area (Å²) in [6, 6.07) is 10.2. The van der Waals surface area contributed by atoms with Gasteiger partial charge in [0.1, 0.15) is 0 Å². The third-order valence-corrected chi connectivity index (χ3v) is 3.62. The first-order chi connectivity index (χ1) is 9.67. The Morgan fingerprint density at radius 3 is 2.45 bits per heavy atom. The highest BCUT2D eigenvalue weighted by molar-refractivity contribution is 5.70. The van der Waals surface area contributed by atoms with Gasteiger partial charge in [0.25, 0.3) is 0 Å². The minimum atomic E-state index is -0.679. The summed E-state index contributed by atoms with van der Waals surface area (Å²) in [6.45, 7) is 4.14. The van der Waals surface area contributed by atoms with Gasteiger partial charge < -0.3 is 5.11 Å². The van der Waals surface area contributed by atoms with Crippen molar-refractivity contribution in [1.82, 2.24) is 0 Å². The number of hydrogen-bond acceptors (Lipinski definition) is 1. The second-order valence-electron chi connectivity index (χ2n) is 5.32. The van der Waals surface area contributed by atoms with Crippen LogP contribution in [0.5, 0.6) is 0 Å². The Morgan fingerprint density at radius 1 is 1.20 bits per heavy atom. The van der Waals surface area contributed by atoms with E-state index in [1.807, 2.05) is 25.1 Å². The average Bonchev–Trinajstić information content (AvgIpc) is 2.45. The van der Waals surface area contributed by atoms with E-state index < -0.39 is 5.97 Å². The van der Waals surface area contributed by atoms with E-state index >= 15 is 0 Å². The van der Waals surface area contributed by atoms with Crippen LogP contribution in [0, 0.1) is 5.92 Å². The van der Waals surface area contributed by atoms with E-state index in [1.54, 1.807) is 0 Å². The van der Waals surface area contributed by atoms with Crippen LogP contribution in [0.25, 0.3) is 6.08 Å². The van der Waals surface area contributed by atoms with Crippen molar-refractivity contribution in [1.29, 1.82) is 0 Å². The summed E-state index contributed by atoms with van der Waals surface area (Å²) in [4.78, 5) is 11.2. The molecule has 0 aliphatic rings. The molecule has 0 radical (unpaired) electrons. The quantitative estimate of drug-likeness (QED) is 0.632. The van der Waals surface area contributed by atoms with Gasteiger partial charge in [0.2, 0.25) is 0 Å². The topological polar surface area (TPSA) is 37.3 Å². The predicted octanol–water partition coefficient (Wildman–Crippen LogP) is 5.15. The number of allylic oxidation sites excluding steroid dienone is 1. The number of carboxylic acids is 1. The molecule has 0 saturated carbocycles. The van der Waals surface area contributed by atoms with Gasteiger partial charge in [-0.05, 0) is 31.2 Å². The summed E-state index contributed by atoms with van der Waals surface area (Å²) in [6.07, 6.45) is 8.07. The number of rotatable bonds is 9. The van der Waals surface area contributed by atoms with Crippen LogP contribution < -0.4 is 0 Å². The van der Waals surface area contributed by atoms with Crippen molar-refractivity contribution in [2.45, 2.75) is 52.4 Å². The number of hydrogen-bond donors (Lipinski definition) is 1. The molecule has 1 atom stereocenters. The normalized spacial score (nSPS) is 13.2. The molecule has 0 fully saturated rings. The Bertz CT molecular complexity index is 420. The molecule has 0 saturated heterocycles. The van der Waals surface area contributed by atoms with E-state index in [0.717, 1.165) is 12.8 Å².